The topological polar surface area (TPSA) is 78.3 Å². The van der Waals surface area contributed by atoms with E-state index in [1.807, 2.05) is 18.2 Å². The molecule has 4 rings (SSSR count). The molecule has 0 unspecified atom stereocenters. The van der Waals surface area contributed by atoms with Crippen LogP contribution >= 0.6 is 11.8 Å². The summed E-state index contributed by atoms with van der Waals surface area (Å²) in [5.74, 6) is 1.71. The van der Waals surface area contributed by atoms with Crippen LogP contribution < -0.4 is 14.8 Å². The van der Waals surface area contributed by atoms with Crippen LogP contribution in [0.5, 0.6) is 11.5 Å². The maximum absolute atomic E-state index is 14.1. The lowest BCUT2D eigenvalue weighted by Crippen LogP contribution is -2.33. The SMILES string of the molecule is CC(C)[C@H](NC(=O)CSc1nnc(-c2ccccc2F)n1C)c1ccc2c(c1)OCCCO2. The van der Waals surface area contributed by atoms with Crippen molar-refractivity contribution in [3.05, 3.63) is 53.8 Å². The molecule has 3 aromatic rings. The minimum atomic E-state index is -0.364. The summed E-state index contributed by atoms with van der Waals surface area (Å²) in [5.41, 5.74) is 1.34. The van der Waals surface area contributed by atoms with Gasteiger partial charge in [-0.25, -0.2) is 4.39 Å². The summed E-state index contributed by atoms with van der Waals surface area (Å²) >= 11 is 1.26. The molecule has 0 aliphatic carbocycles. The van der Waals surface area contributed by atoms with Gasteiger partial charge in [0.1, 0.15) is 5.82 Å². The maximum Gasteiger partial charge on any atom is 0.230 e. The highest BCUT2D eigenvalue weighted by Gasteiger charge is 2.22. The van der Waals surface area contributed by atoms with Gasteiger partial charge >= 0.3 is 0 Å². The summed E-state index contributed by atoms with van der Waals surface area (Å²) < 4.78 is 27.3. The lowest BCUT2D eigenvalue weighted by molar-refractivity contribution is -0.119. The van der Waals surface area contributed by atoms with Gasteiger partial charge in [-0.15, -0.1) is 10.2 Å². The fourth-order valence-electron chi connectivity index (χ4n) is 3.67. The van der Waals surface area contributed by atoms with E-state index >= 15 is 0 Å². The monoisotopic (exact) mass is 470 g/mol. The first-order chi connectivity index (χ1) is 15.9. The molecule has 1 aliphatic heterocycles. The highest BCUT2D eigenvalue weighted by Crippen LogP contribution is 2.34. The van der Waals surface area contributed by atoms with E-state index in [1.165, 1.54) is 17.8 Å². The molecule has 2 heterocycles. The van der Waals surface area contributed by atoms with E-state index in [0.29, 0.717) is 35.5 Å². The van der Waals surface area contributed by atoms with Gasteiger partial charge in [-0.05, 0) is 35.7 Å². The first-order valence-corrected chi connectivity index (χ1v) is 11.9. The first-order valence-electron chi connectivity index (χ1n) is 10.9. The van der Waals surface area contributed by atoms with E-state index < -0.39 is 0 Å². The quantitative estimate of drug-likeness (QED) is 0.516. The third-order valence-corrected chi connectivity index (χ3v) is 6.42. The minimum Gasteiger partial charge on any atom is -0.490 e. The van der Waals surface area contributed by atoms with Crippen molar-refractivity contribution in [1.29, 1.82) is 0 Å². The maximum atomic E-state index is 14.1. The van der Waals surface area contributed by atoms with Gasteiger partial charge in [-0.2, -0.15) is 0 Å². The van der Waals surface area contributed by atoms with Crippen LogP contribution in [0, 0.1) is 11.7 Å². The molecule has 0 saturated heterocycles. The molecule has 7 nitrogen and oxygen atoms in total. The summed E-state index contributed by atoms with van der Waals surface area (Å²) in [7, 11) is 1.76. The van der Waals surface area contributed by atoms with Gasteiger partial charge in [0.05, 0.1) is 30.6 Å². The van der Waals surface area contributed by atoms with Crippen molar-refractivity contribution < 1.29 is 18.7 Å². The van der Waals surface area contributed by atoms with Gasteiger partial charge in [0, 0.05) is 13.5 Å². The number of carbonyl (C=O) groups is 1. The predicted octanol–water partition coefficient (Wildman–Crippen LogP) is 4.39. The zero-order valence-electron chi connectivity index (χ0n) is 18.9. The normalized spacial score (nSPS) is 14.1. The van der Waals surface area contributed by atoms with E-state index in [9.17, 15) is 9.18 Å². The Labute approximate surface area is 196 Å². The van der Waals surface area contributed by atoms with E-state index in [0.717, 1.165) is 17.7 Å². The lowest BCUT2D eigenvalue weighted by Gasteiger charge is -2.24. The third kappa shape index (κ3) is 5.30. The van der Waals surface area contributed by atoms with Crippen molar-refractivity contribution in [2.75, 3.05) is 19.0 Å². The van der Waals surface area contributed by atoms with Crippen LogP contribution in [0.25, 0.3) is 11.4 Å². The molecule has 33 heavy (non-hydrogen) atoms. The van der Waals surface area contributed by atoms with Crippen molar-refractivity contribution in [2.24, 2.45) is 13.0 Å². The van der Waals surface area contributed by atoms with Crippen LogP contribution in [-0.2, 0) is 11.8 Å². The molecule has 0 fully saturated rings. The summed E-state index contributed by atoms with van der Waals surface area (Å²) in [6.07, 6.45) is 0.840. The van der Waals surface area contributed by atoms with Gasteiger partial charge in [-0.3, -0.25) is 4.79 Å². The van der Waals surface area contributed by atoms with Crippen LogP contribution in [0.3, 0.4) is 0 Å². The number of hydrogen-bond acceptors (Lipinski definition) is 6. The standard InChI is InChI=1S/C24H27FN4O3S/c1-15(2)22(16-9-10-19-20(13-16)32-12-6-11-31-19)26-21(30)14-33-24-28-27-23(29(24)3)17-7-4-5-8-18(17)25/h4-5,7-10,13,15,22H,6,11-12,14H2,1-3H3,(H,26,30)/t22-/m0/s1. The van der Waals surface area contributed by atoms with Crippen molar-refractivity contribution in [3.63, 3.8) is 0 Å². The van der Waals surface area contributed by atoms with Crippen LogP contribution in [0.4, 0.5) is 4.39 Å². The number of halogens is 1. The molecule has 0 spiro atoms. The summed E-state index contributed by atoms with van der Waals surface area (Å²) in [5, 5.41) is 11.9. The highest BCUT2D eigenvalue weighted by atomic mass is 32.2. The fourth-order valence-corrected chi connectivity index (χ4v) is 4.39. The molecular weight excluding hydrogens is 443 g/mol. The molecule has 0 radical (unpaired) electrons. The number of carbonyl (C=O) groups excluding carboxylic acids is 1. The fraction of sp³-hybridized carbons (Fsp3) is 0.375. The van der Waals surface area contributed by atoms with Gasteiger partial charge in [0.25, 0.3) is 0 Å². The Balaban J connectivity index is 1.43. The Morgan fingerprint density at radius 1 is 1.15 bits per heavy atom. The van der Waals surface area contributed by atoms with E-state index in [2.05, 4.69) is 29.4 Å². The number of nitrogens with zero attached hydrogens (tertiary/aromatic N) is 3. The number of aromatic nitrogens is 3. The molecule has 1 N–H and O–H groups in total. The molecule has 1 aromatic heterocycles. The van der Waals surface area contributed by atoms with Crippen LogP contribution in [-0.4, -0.2) is 39.6 Å². The number of nitrogens with one attached hydrogen (secondary N) is 1. The second-order valence-electron chi connectivity index (χ2n) is 8.18. The molecule has 0 bridgehead atoms. The number of ether oxygens (including phenoxy) is 2. The lowest BCUT2D eigenvalue weighted by atomic mass is 9.95. The molecule has 0 saturated carbocycles. The Morgan fingerprint density at radius 2 is 1.91 bits per heavy atom. The average Bonchev–Trinajstić information content (AvgIpc) is 3.01. The van der Waals surface area contributed by atoms with Gasteiger partial charge < -0.3 is 19.4 Å². The number of rotatable bonds is 7. The number of benzene rings is 2. The van der Waals surface area contributed by atoms with Gasteiger partial charge in [0.15, 0.2) is 22.5 Å². The van der Waals surface area contributed by atoms with Gasteiger partial charge in [-0.1, -0.05) is 43.8 Å². The molecular formula is C24H27FN4O3S. The zero-order chi connectivity index (χ0) is 23.4. The number of hydrogen-bond donors (Lipinski definition) is 1. The Kier molecular flexibility index (Phi) is 7.17. The molecule has 9 heteroatoms. The average molecular weight is 471 g/mol. The summed E-state index contributed by atoms with van der Waals surface area (Å²) in [6.45, 7) is 5.36. The second kappa shape index (κ2) is 10.2. The Morgan fingerprint density at radius 3 is 2.67 bits per heavy atom. The van der Waals surface area contributed by atoms with Crippen molar-refractivity contribution >= 4 is 17.7 Å². The second-order valence-corrected chi connectivity index (χ2v) is 9.12. The van der Waals surface area contributed by atoms with Gasteiger partial charge in [0.2, 0.25) is 5.91 Å². The third-order valence-electron chi connectivity index (χ3n) is 5.40. The van der Waals surface area contributed by atoms with Crippen molar-refractivity contribution in [2.45, 2.75) is 31.5 Å². The van der Waals surface area contributed by atoms with Crippen molar-refractivity contribution in [3.8, 4) is 22.9 Å². The highest BCUT2D eigenvalue weighted by molar-refractivity contribution is 7.99. The Hall–Kier alpha value is -3.07. The molecule has 1 atom stereocenters. The first kappa shape index (κ1) is 23.1. The largest absolute Gasteiger partial charge is 0.490 e. The minimum absolute atomic E-state index is 0.124. The van der Waals surface area contributed by atoms with E-state index in [-0.39, 0.29) is 29.4 Å². The molecule has 1 amide bonds. The smallest absolute Gasteiger partial charge is 0.230 e. The molecule has 2 aromatic carbocycles. The number of thioether (sulfide) groups is 1. The van der Waals surface area contributed by atoms with Crippen LogP contribution in [0.1, 0.15) is 31.9 Å². The zero-order valence-corrected chi connectivity index (χ0v) is 19.7. The van der Waals surface area contributed by atoms with Crippen LogP contribution in [0.15, 0.2) is 47.6 Å². The summed E-state index contributed by atoms with van der Waals surface area (Å²) in [4.78, 5) is 12.8. The number of amides is 1. The predicted molar refractivity (Wildman–Crippen MR) is 125 cm³/mol. The Bertz CT molecular complexity index is 1130. The van der Waals surface area contributed by atoms with E-state index in [4.69, 9.17) is 9.47 Å². The van der Waals surface area contributed by atoms with Crippen LogP contribution in [0.2, 0.25) is 0 Å². The summed E-state index contributed by atoms with van der Waals surface area (Å²) in [6, 6.07) is 12.1. The molecule has 1 aliphatic rings. The number of fused-ring (bicyclic) bond motifs is 1. The van der Waals surface area contributed by atoms with Crippen molar-refractivity contribution in [1.82, 2.24) is 20.1 Å². The van der Waals surface area contributed by atoms with E-state index in [1.54, 1.807) is 29.8 Å². The molecule has 174 valence electrons.